The highest BCUT2D eigenvalue weighted by Crippen LogP contribution is 2.44. The molecule has 0 radical (unpaired) electrons. The van der Waals surface area contributed by atoms with E-state index in [0.29, 0.717) is 0 Å². The van der Waals surface area contributed by atoms with Crippen LogP contribution in [0.4, 0.5) is 10.6 Å². The van der Waals surface area contributed by atoms with Gasteiger partial charge in [0.2, 0.25) is 0 Å². The second kappa shape index (κ2) is 8.74. The summed E-state index contributed by atoms with van der Waals surface area (Å²) < 4.78 is 5.49. The highest BCUT2D eigenvalue weighted by Gasteiger charge is 2.30. The van der Waals surface area contributed by atoms with E-state index in [1.54, 1.807) is 0 Å². The molecule has 3 aromatic rings. The van der Waals surface area contributed by atoms with E-state index in [-0.39, 0.29) is 24.0 Å². The van der Waals surface area contributed by atoms with Crippen LogP contribution in [0, 0.1) is 0 Å². The zero-order chi connectivity index (χ0) is 23.6. The van der Waals surface area contributed by atoms with Crippen LogP contribution in [0.15, 0.2) is 66.7 Å². The molecule has 2 amide bonds. The lowest BCUT2D eigenvalue weighted by atomic mass is 9.98. The van der Waals surface area contributed by atoms with Crippen molar-refractivity contribution >= 4 is 23.8 Å². The van der Waals surface area contributed by atoms with Crippen LogP contribution in [0.1, 0.15) is 41.4 Å². The number of anilines is 1. The SMILES string of the molecule is CC(C)(NC(=O)c1cccc(NC(=O)OCC2c3ccccc3-c3ccccc32)n1)C(=O)O. The number of carboxylic acids is 1. The van der Waals surface area contributed by atoms with Gasteiger partial charge in [-0.15, -0.1) is 0 Å². The van der Waals surface area contributed by atoms with Crippen LogP contribution in [-0.4, -0.2) is 40.2 Å². The van der Waals surface area contributed by atoms with Gasteiger partial charge in [0, 0.05) is 5.92 Å². The van der Waals surface area contributed by atoms with E-state index < -0.39 is 23.5 Å². The number of rotatable bonds is 6. The Bertz CT molecular complexity index is 1190. The molecule has 0 unspecified atom stereocenters. The lowest BCUT2D eigenvalue weighted by Crippen LogP contribution is -2.49. The molecule has 1 aromatic heterocycles. The maximum atomic E-state index is 12.4. The van der Waals surface area contributed by atoms with Crippen LogP contribution in [-0.2, 0) is 9.53 Å². The topological polar surface area (TPSA) is 118 Å². The van der Waals surface area contributed by atoms with E-state index in [1.807, 2.05) is 36.4 Å². The predicted octanol–water partition coefficient (Wildman–Crippen LogP) is 4.04. The van der Waals surface area contributed by atoms with E-state index in [2.05, 4.69) is 27.8 Å². The van der Waals surface area contributed by atoms with Gasteiger partial charge in [-0.1, -0.05) is 54.6 Å². The molecule has 8 heteroatoms. The van der Waals surface area contributed by atoms with Gasteiger partial charge in [0.25, 0.3) is 5.91 Å². The average Bonchev–Trinajstić information content (AvgIpc) is 3.11. The summed E-state index contributed by atoms with van der Waals surface area (Å²) in [6, 6.07) is 20.5. The molecule has 0 spiro atoms. The molecular weight excluding hydrogens is 422 g/mol. The molecule has 1 heterocycles. The van der Waals surface area contributed by atoms with Gasteiger partial charge < -0.3 is 15.2 Å². The molecule has 0 saturated heterocycles. The lowest BCUT2D eigenvalue weighted by molar-refractivity contribution is -0.143. The second-order valence-corrected chi connectivity index (χ2v) is 8.24. The number of hydrogen-bond donors (Lipinski definition) is 3. The molecular formula is C25H23N3O5. The van der Waals surface area contributed by atoms with Crippen LogP contribution in [0.25, 0.3) is 11.1 Å². The molecule has 168 valence electrons. The average molecular weight is 445 g/mol. The van der Waals surface area contributed by atoms with Gasteiger partial charge in [-0.05, 0) is 48.2 Å². The first kappa shape index (κ1) is 22.0. The first-order chi connectivity index (χ1) is 15.8. The van der Waals surface area contributed by atoms with Crippen LogP contribution < -0.4 is 10.6 Å². The van der Waals surface area contributed by atoms with Gasteiger partial charge in [0.05, 0.1) is 0 Å². The summed E-state index contributed by atoms with van der Waals surface area (Å²) >= 11 is 0. The normalized spacial score (nSPS) is 12.4. The summed E-state index contributed by atoms with van der Waals surface area (Å²) in [5.41, 5.74) is 2.97. The van der Waals surface area contributed by atoms with Crippen LogP contribution in [0.2, 0.25) is 0 Å². The van der Waals surface area contributed by atoms with Crippen molar-refractivity contribution in [2.75, 3.05) is 11.9 Å². The molecule has 0 saturated carbocycles. The number of amides is 2. The molecule has 0 atom stereocenters. The van der Waals surface area contributed by atoms with Crippen molar-refractivity contribution in [3.8, 4) is 11.1 Å². The maximum absolute atomic E-state index is 12.4. The summed E-state index contributed by atoms with van der Waals surface area (Å²) in [7, 11) is 0. The Morgan fingerprint density at radius 3 is 2.15 bits per heavy atom. The molecule has 8 nitrogen and oxygen atoms in total. The molecule has 1 aliphatic carbocycles. The van der Waals surface area contributed by atoms with E-state index in [1.165, 1.54) is 32.0 Å². The van der Waals surface area contributed by atoms with Crippen molar-refractivity contribution in [3.05, 3.63) is 83.6 Å². The number of nitrogens with zero attached hydrogens (tertiary/aromatic N) is 1. The number of carbonyl (C=O) groups is 3. The van der Waals surface area contributed by atoms with E-state index in [4.69, 9.17) is 4.74 Å². The van der Waals surface area contributed by atoms with Gasteiger partial charge in [-0.25, -0.2) is 14.6 Å². The largest absolute Gasteiger partial charge is 0.480 e. The summed E-state index contributed by atoms with van der Waals surface area (Å²) in [4.78, 5) is 40.1. The molecule has 4 rings (SSSR count). The van der Waals surface area contributed by atoms with Crippen molar-refractivity contribution in [1.82, 2.24) is 10.3 Å². The van der Waals surface area contributed by atoms with Crippen LogP contribution in [0.3, 0.4) is 0 Å². The minimum Gasteiger partial charge on any atom is -0.480 e. The highest BCUT2D eigenvalue weighted by atomic mass is 16.5. The fourth-order valence-corrected chi connectivity index (χ4v) is 3.77. The Kier molecular flexibility index (Phi) is 5.83. The number of aliphatic carboxylic acids is 1. The number of aromatic nitrogens is 1. The van der Waals surface area contributed by atoms with Crippen LogP contribution in [0.5, 0.6) is 0 Å². The smallest absolute Gasteiger partial charge is 0.412 e. The highest BCUT2D eigenvalue weighted by molar-refractivity contribution is 5.96. The summed E-state index contributed by atoms with van der Waals surface area (Å²) in [6.07, 6.45) is -0.701. The van der Waals surface area contributed by atoms with Gasteiger partial charge in [-0.2, -0.15) is 0 Å². The Morgan fingerprint density at radius 2 is 1.55 bits per heavy atom. The summed E-state index contributed by atoms with van der Waals surface area (Å²) in [5, 5.41) is 14.1. The lowest BCUT2D eigenvalue weighted by Gasteiger charge is -2.20. The molecule has 0 bridgehead atoms. The number of benzene rings is 2. The first-order valence-electron chi connectivity index (χ1n) is 10.4. The van der Waals surface area contributed by atoms with Crippen molar-refractivity contribution in [3.63, 3.8) is 0 Å². The molecule has 0 fully saturated rings. The number of ether oxygens (including phenoxy) is 1. The Morgan fingerprint density at radius 1 is 0.939 bits per heavy atom. The number of pyridine rings is 1. The molecule has 2 aromatic carbocycles. The van der Waals surface area contributed by atoms with Gasteiger partial charge in [0.15, 0.2) is 0 Å². The van der Waals surface area contributed by atoms with Crippen LogP contribution >= 0.6 is 0 Å². The number of hydrogen-bond acceptors (Lipinski definition) is 5. The Balaban J connectivity index is 1.42. The third-order valence-corrected chi connectivity index (χ3v) is 5.52. The van der Waals surface area contributed by atoms with Crippen molar-refractivity contribution < 1.29 is 24.2 Å². The van der Waals surface area contributed by atoms with Crippen molar-refractivity contribution in [2.45, 2.75) is 25.3 Å². The zero-order valence-electron chi connectivity index (χ0n) is 18.2. The fourth-order valence-electron chi connectivity index (χ4n) is 3.77. The predicted molar refractivity (Wildman–Crippen MR) is 122 cm³/mol. The van der Waals surface area contributed by atoms with E-state index in [9.17, 15) is 19.5 Å². The number of carbonyl (C=O) groups excluding carboxylic acids is 2. The maximum Gasteiger partial charge on any atom is 0.412 e. The Hall–Kier alpha value is -4.20. The second-order valence-electron chi connectivity index (χ2n) is 8.24. The summed E-state index contributed by atoms with van der Waals surface area (Å²) in [5.74, 6) is -1.80. The third-order valence-electron chi connectivity index (χ3n) is 5.52. The Labute approximate surface area is 190 Å². The molecule has 33 heavy (non-hydrogen) atoms. The van der Waals surface area contributed by atoms with E-state index in [0.717, 1.165) is 22.3 Å². The molecule has 3 N–H and O–H groups in total. The summed E-state index contributed by atoms with van der Waals surface area (Å²) in [6.45, 7) is 2.88. The fraction of sp³-hybridized carbons (Fsp3) is 0.200. The van der Waals surface area contributed by atoms with Gasteiger partial charge in [-0.3, -0.25) is 10.1 Å². The molecule has 1 aliphatic rings. The number of fused-ring (bicyclic) bond motifs is 3. The van der Waals surface area contributed by atoms with E-state index >= 15 is 0 Å². The van der Waals surface area contributed by atoms with Crippen molar-refractivity contribution in [2.24, 2.45) is 0 Å². The number of carboxylic acid groups (broad SMARTS) is 1. The minimum absolute atomic E-state index is 0.0271. The first-order valence-corrected chi connectivity index (χ1v) is 10.4. The standard InChI is InChI=1S/C25H23N3O5/c1-25(2,23(30)31)28-22(29)20-12-7-13-21(26-20)27-24(32)33-14-19-17-10-5-3-8-15(17)16-9-4-6-11-18(16)19/h3-13,19H,14H2,1-2H3,(H,28,29)(H,30,31)(H,26,27,32). The third kappa shape index (κ3) is 4.55. The quantitative estimate of drug-likeness (QED) is 0.527. The zero-order valence-corrected chi connectivity index (χ0v) is 18.2. The molecule has 0 aliphatic heterocycles. The monoisotopic (exact) mass is 445 g/mol. The van der Waals surface area contributed by atoms with Crippen molar-refractivity contribution in [1.29, 1.82) is 0 Å². The number of nitrogens with one attached hydrogen (secondary N) is 2. The minimum atomic E-state index is -1.46. The van der Waals surface area contributed by atoms with Gasteiger partial charge in [0.1, 0.15) is 23.7 Å². The van der Waals surface area contributed by atoms with Gasteiger partial charge >= 0.3 is 12.1 Å².